The molecule has 0 aromatic heterocycles. The van der Waals surface area contributed by atoms with Crippen molar-refractivity contribution in [3.63, 3.8) is 0 Å². The highest BCUT2D eigenvalue weighted by Crippen LogP contribution is 2.16. The maximum atomic E-state index is 12.6. The van der Waals surface area contributed by atoms with Gasteiger partial charge in [-0.05, 0) is 36.2 Å². The number of nitrogens with two attached hydrogens (primary N) is 1. The molecule has 2 aromatic rings. The number of carbonyl (C=O) groups is 1. The number of rotatable bonds is 3. The first-order valence-electron chi connectivity index (χ1n) is 8.05. The topological polar surface area (TPSA) is 49.6 Å². The molecule has 0 saturated carbocycles. The van der Waals surface area contributed by atoms with Crippen LogP contribution in [0.5, 0.6) is 0 Å². The summed E-state index contributed by atoms with van der Waals surface area (Å²) in [5.41, 5.74) is 9.57. The summed E-state index contributed by atoms with van der Waals surface area (Å²) in [6.45, 7) is 6.25. The Morgan fingerprint density at radius 2 is 1.74 bits per heavy atom. The predicted molar refractivity (Wildman–Crippen MR) is 93.2 cm³/mol. The molecule has 1 aliphatic rings. The number of carbonyl (C=O) groups excluding carboxylic acids is 1. The summed E-state index contributed by atoms with van der Waals surface area (Å²) in [6.07, 6.45) is 0. The molecule has 4 heteroatoms. The van der Waals surface area contributed by atoms with Crippen LogP contribution in [0.4, 0.5) is 5.69 Å². The molecular formula is C19H23N3O. The second kappa shape index (κ2) is 6.84. The molecule has 0 atom stereocenters. The van der Waals surface area contributed by atoms with E-state index < -0.39 is 0 Å². The number of anilines is 1. The van der Waals surface area contributed by atoms with Crippen molar-refractivity contribution in [2.45, 2.75) is 13.5 Å². The minimum Gasteiger partial charge on any atom is -0.399 e. The van der Waals surface area contributed by atoms with Crippen LogP contribution in [-0.2, 0) is 6.54 Å². The van der Waals surface area contributed by atoms with Crippen LogP contribution in [0.3, 0.4) is 0 Å². The summed E-state index contributed by atoms with van der Waals surface area (Å²) in [4.78, 5) is 16.9. The molecule has 0 unspecified atom stereocenters. The van der Waals surface area contributed by atoms with Crippen LogP contribution in [-0.4, -0.2) is 41.9 Å². The van der Waals surface area contributed by atoms with Gasteiger partial charge in [-0.15, -0.1) is 0 Å². The molecule has 0 spiro atoms. The number of hydrogen-bond donors (Lipinski definition) is 1. The van der Waals surface area contributed by atoms with E-state index in [1.165, 1.54) is 5.56 Å². The lowest BCUT2D eigenvalue weighted by Gasteiger charge is -2.34. The third kappa shape index (κ3) is 3.71. The van der Waals surface area contributed by atoms with Gasteiger partial charge in [0.05, 0.1) is 0 Å². The van der Waals surface area contributed by atoms with Gasteiger partial charge in [0.15, 0.2) is 0 Å². The first-order valence-corrected chi connectivity index (χ1v) is 8.05. The first kappa shape index (κ1) is 15.6. The van der Waals surface area contributed by atoms with Crippen molar-refractivity contribution >= 4 is 11.6 Å². The minimum atomic E-state index is 0.104. The number of nitrogen functional groups attached to an aromatic ring is 1. The van der Waals surface area contributed by atoms with Crippen molar-refractivity contribution in [3.05, 3.63) is 65.2 Å². The summed E-state index contributed by atoms with van der Waals surface area (Å²) in [7, 11) is 0. The van der Waals surface area contributed by atoms with E-state index in [-0.39, 0.29) is 5.91 Å². The van der Waals surface area contributed by atoms with Crippen molar-refractivity contribution in [1.82, 2.24) is 9.80 Å². The van der Waals surface area contributed by atoms with Gasteiger partial charge in [0.1, 0.15) is 0 Å². The fourth-order valence-corrected chi connectivity index (χ4v) is 2.94. The van der Waals surface area contributed by atoms with E-state index in [9.17, 15) is 4.79 Å². The zero-order valence-corrected chi connectivity index (χ0v) is 13.5. The molecule has 1 heterocycles. The Bertz CT molecular complexity index is 676. The monoisotopic (exact) mass is 309 g/mol. The largest absolute Gasteiger partial charge is 0.399 e. The number of piperazine rings is 1. The Kier molecular flexibility index (Phi) is 4.63. The molecule has 23 heavy (non-hydrogen) atoms. The standard InChI is InChI=1S/C19H23N3O/c1-15-13-17(7-8-18(15)20)19(23)22-11-9-21(10-12-22)14-16-5-3-2-4-6-16/h2-8,13H,9-12,14,20H2,1H3. The molecule has 1 aliphatic heterocycles. The molecule has 1 saturated heterocycles. The van der Waals surface area contributed by atoms with E-state index in [2.05, 4.69) is 29.2 Å². The van der Waals surface area contributed by atoms with Crippen LogP contribution in [0, 0.1) is 6.92 Å². The molecule has 0 radical (unpaired) electrons. The average molecular weight is 309 g/mol. The highest BCUT2D eigenvalue weighted by atomic mass is 16.2. The molecule has 3 rings (SSSR count). The van der Waals surface area contributed by atoms with Crippen LogP contribution in [0.15, 0.2) is 48.5 Å². The van der Waals surface area contributed by atoms with E-state index in [1.54, 1.807) is 0 Å². The van der Waals surface area contributed by atoms with Gasteiger partial charge >= 0.3 is 0 Å². The van der Waals surface area contributed by atoms with Crippen molar-refractivity contribution in [2.24, 2.45) is 0 Å². The first-order chi connectivity index (χ1) is 11.1. The van der Waals surface area contributed by atoms with Gasteiger partial charge in [-0.2, -0.15) is 0 Å². The number of benzene rings is 2. The number of hydrogen-bond acceptors (Lipinski definition) is 3. The van der Waals surface area contributed by atoms with Crippen LogP contribution in [0.25, 0.3) is 0 Å². The maximum Gasteiger partial charge on any atom is 0.253 e. The van der Waals surface area contributed by atoms with Gasteiger partial charge in [0, 0.05) is 44.0 Å². The Hall–Kier alpha value is -2.33. The minimum absolute atomic E-state index is 0.104. The summed E-state index contributed by atoms with van der Waals surface area (Å²) in [6, 6.07) is 16.0. The van der Waals surface area contributed by atoms with Crippen molar-refractivity contribution in [3.8, 4) is 0 Å². The van der Waals surface area contributed by atoms with E-state index in [0.717, 1.165) is 49.5 Å². The third-order valence-electron chi connectivity index (χ3n) is 4.43. The number of aryl methyl sites for hydroxylation is 1. The molecule has 2 N–H and O–H groups in total. The number of nitrogens with zero attached hydrogens (tertiary/aromatic N) is 2. The van der Waals surface area contributed by atoms with Crippen LogP contribution in [0.2, 0.25) is 0 Å². The Morgan fingerprint density at radius 3 is 2.39 bits per heavy atom. The predicted octanol–water partition coefficient (Wildman–Crippen LogP) is 2.54. The molecule has 120 valence electrons. The van der Waals surface area contributed by atoms with Crippen LogP contribution < -0.4 is 5.73 Å². The normalized spacial score (nSPS) is 15.6. The molecule has 4 nitrogen and oxygen atoms in total. The maximum absolute atomic E-state index is 12.6. The SMILES string of the molecule is Cc1cc(C(=O)N2CCN(Cc3ccccc3)CC2)ccc1N. The molecule has 2 aromatic carbocycles. The van der Waals surface area contributed by atoms with Gasteiger partial charge in [0.2, 0.25) is 0 Å². The molecular weight excluding hydrogens is 286 g/mol. The van der Waals surface area contributed by atoms with Crippen molar-refractivity contribution in [1.29, 1.82) is 0 Å². The summed E-state index contributed by atoms with van der Waals surface area (Å²) < 4.78 is 0. The highest BCUT2D eigenvalue weighted by Gasteiger charge is 2.22. The van der Waals surface area contributed by atoms with Crippen LogP contribution in [0.1, 0.15) is 21.5 Å². The van der Waals surface area contributed by atoms with Gasteiger partial charge in [-0.1, -0.05) is 30.3 Å². The summed E-state index contributed by atoms with van der Waals surface area (Å²) in [5.74, 6) is 0.104. The fourth-order valence-electron chi connectivity index (χ4n) is 2.94. The Labute approximate surface area is 137 Å². The van der Waals surface area contributed by atoms with Gasteiger partial charge < -0.3 is 10.6 Å². The highest BCUT2D eigenvalue weighted by molar-refractivity contribution is 5.95. The van der Waals surface area contributed by atoms with E-state index in [4.69, 9.17) is 5.73 Å². The van der Waals surface area contributed by atoms with Crippen molar-refractivity contribution < 1.29 is 4.79 Å². The molecule has 0 aliphatic carbocycles. The molecule has 1 amide bonds. The average Bonchev–Trinajstić information content (AvgIpc) is 2.58. The van der Waals surface area contributed by atoms with Crippen LogP contribution >= 0.6 is 0 Å². The van der Waals surface area contributed by atoms with Crippen molar-refractivity contribution in [2.75, 3.05) is 31.9 Å². The van der Waals surface area contributed by atoms with E-state index >= 15 is 0 Å². The summed E-state index contributed by atoms with van der Waals surface area (Å²) in [5, 5.41) is 0. The Morgan fingerprint density at radius 1 is 1.04 bits per heavy atom. The molecule has 0 bridgehead atoms. The second-order valence-electron chi connectivity index (χ2n) is 6.13. The third-order valence-corrected chi connectivity index (χ3v) is 4.43. The zero-order valence-electron chi connectivity index (χ0n) is 13.5. The van der Waals surface area contributed by atoms with Gasteiger partial charge in [0.25, 0.3) is 5.91 Å². The van der Waals surface area contributed by atoms with E-state index in [0.29, 0.717) is 0 Å². The fraction of sp³-hybridized carbons (Fsp3) is 0.316. The second-order valence-corrected chi connectivity index (χ2v) is 6.13. The quantitative estimate of drug-likeness (QED) is 0.887. The van der Waals surface area contributed by atoms with Gasteiger partial charge in [-0.25, -0.2) is 0 Å². The Balaban J connectivity index is 1.58. The summed E-state index contributed by atoms with van der Waals surface area (Å²) >= 11 is 0. The molecule has 1 fully saturated rings. The smallest absolute Gasteiger partial charge is 0.253 e. The van der Waals surface area contributed by atoms with Gasteiger partial charge in [-0.3, -0.25) is 9.69 Å². The zero-order chi connectivity index (χ0) is 16.2. The lowest BCUT2D eigenvalue weighted by atomic mass is 10.1. The van der Waals surface area contributed by atoms with E-state index in [1.807, 2.05) is 36.1 Å². The lowest BCUT2D eigenvalue weighted by Crippen LogP contribution is -2.48. The lowest BCUT2D eigenvalue weighted by molar-refractivity contribution is 0.0628. The number of amides is 1.